The van der Waals surface area contributed by atoms with Gasteiger partial charge in [0, 0.05) is 6.54 Å². The topological polar surface area (TPSA) is 89.6 Å². The van der Waals surface area contributed by atoms with Gasteiger partial charge in [-0.2, -0.15) is 10.2 Å². The van der Waals surface area contributed by atoms with Crippen molar-refractivity contribution < 1.29 is 4.79 Å². The van der Waals surface area contributed by atoms with Crippen LogP contribution in [0, 0.1) is 0 Å². The van der Waals surface area contributed by atoms with Crippen LogP contribution in [0.25, 0.3) is 0 Å². The lowest BCUT2D eigenvalue weighted by atomic mass is 10.1. The van der Waals surface area contributed by atoms with E-state index in [0.29, 0.717) is 17.1 Å². The number of ketones is 1. The maximum Gasteiger partial charge on any atom is 0.174 e. The van der Waals surface area contributed by atoms with Gasteiger partial charge in [0.05, 0.1) is 34.6 Å². The number of aromatic amines is 1. The van der Waals surface area contributed by atoms with Crippen molar-refractivity contribution in [1.29, 1.82) is 0 Å². The highest BCUT2D eigenvalue weighted by atomic mass is 35.5. The normalized spacial score (nSPS) is 10.9. The monoisotopic (exact) mass is 281 g/mol. The lowest BCUT2D eigenvalue weighted by Crippen LogP contribution is -2.11. The highest BCUT2D eigenvalue weighted by Crippen LogP contribution is 2.23. The molecule has 0 bridgehead atoms. The average molecular weight is 282 g/mol. The smallest absolute Gasteiger partial charge is 0.174 e. The second-order valence-corrected chi connectivity index (χ2v) is 4.55. The largest absolute Gasteiger partial charge is 0.383 e. The van der Waals surface area contributed by atoms with Crippen molar-refractivity contribution in [2.75, 3.05) is 5.73 Å². The minimum Gasteiger partial charge on any atom is -0.383 e. The summed E-state index contributed by atoms with van der Waals surface area (Å²) in [6.45, 7) is 4.61. The second-order valence-electron chi connectivity index (χ2n) is 4.17. The van der Waals surface area contributed by atoms with E-state index in [0.717, 1.165) is 17.8 Å². The number of halogens is 1. The van der Waals surface area contributed by atoms with E-state index < -0.39 is 0 Å². The Morgan fingerprint density at radius 1 is 1.53 bits per heavy atom. The van der Waals surface area contributed by atoms with E-state index in [4.69, 9.17) is 17.3 Å². The molecule has 0 aliphatic carbocycles. The molecule has 2 heterocycles. The van der Waals surface area contributed by atoms with Crippen LogP contribution in [-0.4, -0.2) is 25.8 Å². The third-order valence-corrected chi connectivity index (χ3v) is 3.43. The van der Waals surface area contributed by atoms with Gasteiger partial charge in [-0.15, -0.1) is 0 Å². The zero-order chi connectivity index (χ0) is 14.0. The van der Waals surface area contributed by atoms with E-state index in [1.807, 2.05) is 13.8 Å². The van der Waals surface area contributed by atoms with Gasteiger partial charge in [0.25, 0.3) is 0 Å². The van der Waals surface area contributed by atoms with Crippen molar-refractivity contribution in [3.8, 4) is 0 Å². The third-order valence-electron chi connectivity index (χ3n) is 2.99. The molecule has 2 aromatic heterocycles. The number of Topliss-reactive ketones (excluding diaryl/α,β-unsaturated/α-hetero) is 1. The van der Waals surface area contributed by atoms with Gasteiger partial charge >= 0.3 is 0 Å². The molecule has 0 amide bonds. The molecule has 0 spiro atoms. The molecule has 2 aromatic rings. The lowest BCUT2D eigenvalue weighted by molar-refractivity contribution is 0.0991. The van der Waals surface area contributed by atoms with Crippen LogP contribution in [0.4, 0.5) is 5.82 Å². The number of nitrogens with one attached hydrogen (secondary N) is 1. The Bertz CT molecular complexity index is 601. The van der Waals surface area contributed by atoms with E-state index in [2.05, 4.69) is 15.3 Å². The van der Waals surface area contributed by atoms with Crippen LogP contribution < -0.4 is 5.73 Å². The summed E-state index contributed by atoms with van der Waals surface area (Å²) in [6.07, 6.45) is 2.34. The first-order chi connectivity index (χ1) is 9.08. The van der Waals surface area contributed by atoms with Crippen molar-refractivity contribution in [1.82, 2.24) is 20.0 Å². The molecule has 0 saturated carbocycles. The van der Waals surface area contributed by atoms with Crippen molar-refractivity contribution in [3.63, 3.8) is 0 Å². The fourth-order valence-electron chi connectivity index (χ4n) is 1.95. The van der Waals surface area contributed by atoms with Crippen molar-refractivity contribution >= 4 is 23.2 Å². The third kappa shape index (κ3) is 2.49. The molecule has 102 valence electrons. The Morgan fingerprint density at radius 3 is 2.79 bits per heavy atom. The van der Waals surface area contributed by atoms with E-state index in [-0.39, 0.29) is 18.0 Å². The second kappa shape index (κ2) is 5.44. The van der Waals surface area contributed by atoms with Gasteiger partial charge in [0.15, 0.2) is 5.78 Å². The molecule has 6 nitrogen and oxygen atoms in total. The van der Waals surface area contributed by atoms with Crippen LogP contribution in [0.5, 0.6) is 0 Å². The first-order valence-electron chi connectivity index (χ1n) is 6.14. The Labute approximate surface area is 115 Å². The number of nitrogens with two attached hydrogens (primary N) is 1. The summed E-state index contributed by atoms with van der Waals surface area (Å²) in [5.74, 6) is 0.157. The van der Waals surface area contributed by atoms with E-state index >= 15 is 0 Å². The van der Waals surface area contributed by atoms with Crippen LogP contribution in [0.2, 0.25) is 5.02 Å². The van der Waals surface area contributed by atoms with Crippen molar-refractivity contribution in [2.24, 2.45) is 0 Å². The molecule has 0 saturated heterocycles. The number of aryl methyl sites for hydroxylation is 2. The summed E-state index contributed by atoms with van der Waals surface area (Å²) in [7, 11) is 0. The maximum absolute atomic E-state index is 12.2. The quantitative estimate of drug-likeness (QED) is 0.819. The average Bonchev–Trinajstić information content (AvgIpc) is 2.95. The zero-order valence-electron chi connectivity index (χ0n) is 10.9. The number of H-pyrrole nitrogens is 1. The van der Waals surface area contributed by atoms with Crippen LogP contribution in [-0.2, 0) is 19.4 Å². The summed E-state index contributed by atoms with van der Waals surface area (Å²) in [5, 5.41) is 11.2. The number of rotatable bonds is 5. The first-order valence-corrected chi connectivity index (χ1v) is 6.52. The van der Waals surface area contributed by atoms with Crippen LogP contribution in [0.3, 0.4) is 0 Å². The number of carbonyl (C=O) groups excluding carboxylic acids is 1. The minimum atomic E-state index is -0.120. The fraction of sp³-hybridized carbons (Fsp3) is 0.417. The molecule has 19 heavy (non-hydrogen) atoms. The number of aromatic nitrogens is 4. The number of anilines is 1. The molecule has 0 aliphatic rings. The summed E-state index contributed by atoms with van der Waals surface area (Å²) in [6, 6.07) is 0. The molecule has 7 heteroatoms. The molecule has 0 unspecified atom stereocenters. The Balaban J connectivity index is 2.31. The Kier molecular flexibility index (Phi) is 3.90. The van der Waals surface area contributed by atoms with Gasteiger partial charge in [0.1, 0.15) is 5.82 Å². The predicted molar refractivity (Wildman–Crippen MR) is 73.3 cm³/mol. The standard InChI is InChI=1S/C12H16ClN5O/c1-3-8-11(13)9(18(4-2)17-8)5-10(19)7-6-15-16-12(7)14/h6H,3-5H2,1-2H3,(H3,14,15,16). The highest BCUT2D eigenvalue weighted by Gasteiger charge is 2.20. The van der Waals surface area contributed by atoms with Gasteiger partial charge in [-0.3, -0.25) is 14.6 Å². The molecular formula is C12H16ClN5O. The minimum absolute atomic E-state index is 0.120. The molecule has 2 rings (SSSR count). The van der Waals surface area contributed by atoms with Gasteiger partial charge in [-0.1, -0.05) is 18.5 Å². The zero-order valence-corrected chi connectivity index (χ0v) is 11.7. The first kappa shape index (κ1) is 13.6. The Hall–Kier alpha value is -1.82. The molecule has 0 radical (unpaired) electrons. The molecule has 0 aliphatic heterocycles. The fourth-order valence-corrected chi connectivity index (χ4v) is 2.29. The van der Waals surface area contributed by atoms with E-state index in [9.17, 15) is 4.79 Å². The number of carbonyl (C=O) groups is 1. The van der Waals surface area contributed by atoms with Crippen LogP contribution in [0.15, 0.2) is 6.20 Å². The molecular weight excluding hydrogens is 266 g/mol. The Morgan fingerprint density at radius 2 is 2.26 bits per heavy atom. The van der Waals surface area contributed by atoms with Gasteiger partial charge < -0.3 is 5.73 Å². The summed E-state index contributed by atoms with van der Waals surface area (Å²) in [4.78, 5) is 12.2. The molecule has 0 fully saturated rings. The molecule has 0 aromatic carbocycles. The summed E-state index contributed by atoms with van der Waals surface area (Å²) < 4.78 is 1.76. The number of hydrogen-bond donors (Lipinski definition) is 2. The van der Waals surface area contributed by atoms with E-state index in [1.165, 1.54) is 6.20 Å². The van der Waals surface area contributed by atoms with Gasteiger partial charge in [0.2, 0.25) is 0 Å². The molecule has 0 atom stereocenters. The maximum atomic E-state index is 12.2. The van der Waals surface area contributed by atoms with Gasteiger partial charge in [-0.05, 0) is 13.3 Å². The number of nitrogens with zero attached hydrogens (tertiary/aromatic N) is 3. The van der Waals surface area contributed by atoms with Gasteiger partial charge in [-0.25, -0.2) is 0 Å². The lowest BCUT2D eigenvalue weighted by Gasteiger charge is -2.04. The summed E-state index contributed by atoms with van der Waals surface area (Å²) >= 11 is 6.26. The molecule has 3 N–H and O–H groups in total. The van der Waals surface area contributed by atoms with E-state index in [1.54, 1.807) is 4.68 Å². The number of hydrogen-bond acceptors (Lipinski definition) is 4. The predicted octanol–water partition coefficient (Wildman–Crippen LogP) is 1.85. The number of nitrogen functional groups attached to an aromatic ring is 1. The SMILES string of the molecule is CCc1nn(CC)c(CC(=O)c2cn[nH]c2N)c1Cl. The van der Waals surface area contributed by atoms with Crippen molar-refractivity contribution in [3.05, 3.63) is 28.2 Å². The summed E-state index contributed by atoms with van der Waals surface area (Å²) in [5.41, 5.74) is 7.57. The van der Waals surface area contributed by atoms with Crippen LogP contribution in [0.1, 0.15) is 35.6 Å². The van der Waals surface area contributed by atoms with Crippen molar-refractivity contribution in [2.45, 2.75) is 33.2 Å². The highest BCUT2D eigenvalue weighted by molar-refractivity contribution is 6.32. The van der Waals surface area contributed by atoms with Crippen LogP contribution >= 0.6 is 11.6 Å².